The largest absolute Gasteiger partial charge is 0.450 e. The molecule has 128 valence electrons. The Labute approximate surface area is 141 Å². The summed E-state index contributed by atoms with van der Waals surface area (Å²) in [5.74, 6) is 0.0927. The number of rotatable bonds is 4. The summed E-state index contributed by atoms with van der Waals surface area (Å²) in [5.41, 5.74) is 2.05. The van der Waals surface area contributed by atoms with E-state index in [9.17, 15) is 9.59 Å². The highest BCUT2D eigenvalue weighted by molar-refractivity contribution is 5.89. The molecule has 1 atom stereocenters. The van der Waals surface area contributed by atoms with Crippen LogP contribution in [-0.4, -0.2) is 47.6 Å². The molecule has 2 heterocycles. The number of hydrogen-bond acceptors (Lipinski definition) is 3. The zero-order valence-corrected chi connectivity index (χ0v) is 13.9. The van der Waals surface area contributed by atoms with Crippen molar-refractivity contribution >= 4 is 22.9 Å². The molecule has 1 saturated heterocycles. The van der Waals surface area contributed by atoms with Crippen molar-refractivity contribution in [3.63, 3.8) is 0 Å². The van der Waals surface area contributed by atoms with Gasteiger partial charge in [0.15, 0.2) is 0 Å². The molecular weight excluding hydrogens is 306 g/mol. The van der Waals surface area contributed by atoms with Gasteiger partial charge in [-0.3, -0.25) is 4.79 Å². The number of aromatic amines is 1. The van der Waals surface area contributed by atoms with Gasteiger partial charge in [-0.05, 0) is 31.4 Å². The maximum Gasteiger partial charge on any atom is 0.407 e. The number of piperidine rings is 1. The number of aromatic nitrogens is 1. The normalized spacial score (nSPS) is 17.7. The van der Waals surface area contributed by atoms with Crippen LogP contribution in [0.25, 0.3) is 10.9 Å². The molecule has 24 heavy (non-hydrogen) atoms. The third kappa shape index (κ3) is 3.69. The van der Waals surface area contributed by atoms with Gasteiger partial charge in [-0.2, -0.15) is 0 Å². The minimum absolute atomic E-state index is 0.0373. The molecule has 0 aliphatic carbocycles. The number of likely N-dealkylation sites (tertiary alicyclic amines) is 1. The first kappa shape index (κ1) is 16.4. The highest BCUT2D eigenvalue weighted by Gasteiger charge is 2.25. The fourth-order valence-electron chi connectivity index (χ4n) is 3.21. The lowest BCUT2D eigenvalue weighted by Crippen LogP contribution is -2.50. The number of hydrogen-bond donors (Lipinski definition) is 2. The Morgan fingerprint density at radius 2 is 2.21 bits per heavy atom. The second-order valence-corrected chi connectivity index (χ2v) is 6.08. The lowest BCUT2D eigenvalue weighted by Gasteiger charge is -2.33. The van der Waals surface area contributed by atoms with E-state index in [4.69, 9.17) is 4.74 Å². The van der Waals surface area contributed by atoms with E-state index in [0.29, 0.717) is 19.6 Å². The number of fused-ring (bicyclic) bond motifs is 1. The van der Waals surface area contributed by atoms with Crippen LogP contribution in [-0.2, 0) is 16.0 Å². The molecule has 1 aromatic heterocycles. The summed E-state index contributed by atoms with van der Waals surface area (Å²) in [4.78, 5) is 29.2. The van der Waals surface area contributed by atoms with E-state index in [0.717, 1.165) is 35.9 Å². The SMILES string of the molecule is CCOC(=O)N[C@@H]1CCCN(C(=O)Cc2c[nH]c3ccccc23)C1. The summed E-state index contributed by atoms with van der Waals surface area (Å²) >= 11 is 0. The summed E-state index contributed by atoms with van der Waals surface area (Å²) in [6.45, 7) is 3.40. The van der Waals surface area contributed by atoms with Gasteiger partial charge in [-0.15, -0.1) is 0 Å². The second-order valence-electron chi connectivity index (χ2n) is 6.08. The first-order valence-corrected chi connectivity index (χ1v) is 8.43. The summed E-state index contributed by atoms with van der Waals surface area (Å²) in [5, 5.41) is 3.92. The second kappa shape index (κ2) is 7.38. The van der Waals surface area contributed by atoms with Crippen molar-refractivity contribution in [2.75, 3.05) is 19.7 Å². The summed E-state index contributed by atoms with van der Waals surface area (Å²) in [6, 6.07) is 7.94. The van der Waals surface area contributed by atoms with Crippen molar-refractivity contribution in [1.82, 2.24) is 15.2 Å². The predicted molar refractivity (Wildman–Crippen MR) is 91.8 cm³/mol. The van der Waals surface area contributed by atoms with Gasteiger partial charge in [0.25, 0.3) is 0 Å². The van der Waals surface area contributed by atoms with E-state index in [1.807, 2.05) is 35.4 Å². The third-order valence-electron chi connectivity index (χ3n) is 4.39. The quantitative estimate of drug-likeness (QED) is 0.905. The molecule has 1 aliphatic heterocycles. The van der Waals surface area contributed by atoms with Gasteiger partial charge in [0.1, 0.15) is 0 Å². The van der Waals surface area contributed by atoms with Crippen molar-refractivity contribution in [2.24, 2.45) is 0 Å². The minimum Gasteiger partial charge on any atom is -0.450 e. The van der Waals surface area contributed by atoms with Crippen molar-refractivity contribution in [1.29, 1.82) is 0 Å². The predicted octanol–water partition coefficient (Wildman–Crippen LogP) is 2.45. The Kier molecular flexibility index (Phi) is 5.03. The Morgan fingerprint density at radius 3 is 3.04 bits per heavy atom. The Morgan fingerprint density at radius 1 is 1.38 bits per heavy atom. The van der Waals surface area contributed by atoms with Gasteiger partial charge in [-0.1, -0.05) is 18.2 Å². The standard InChI is InChI=1S/C18H23N3O3/c1-2-24-18(23)20-14-6-5-9-21(12-14)17(22)10-13-11-19-16-8-4-3-7-15(13)16/h3-4,7-8,11,14,19H,2,5-6,9-10,12H2,1H3,(H,20,23)/t14-/m1/s1. The molecule has 0 bridgehead atoms. The summed E-state index contributed by atoms with van der Waals surface area (Å²) in [7, 11) is 0. The molecule has 0 radical (unpaired) electrons. The van der Waals surface area contributed by atoms with Crippen LogP contribution < -0.4 is 5.32 Å². The highest BCUT2D eigenvalue weighted by Crippen LogP contribution is 2.20. The van der Waals surface area contributed by atoms with Crippen LogP contribution in [0.4, 0.5) is 4.79 Å². The molecule has 1 aromatic carbocycles. The molecule has 2 aromatic rings. The van der Waals surface area contributed by atoms with Crippen LogP contribution in [0.15, 0.2) is 30.5 Å². The maximum absolute atomic E-state index is 12.6. The lowest BCUT2D eigenvalue weighted by atomic mass is 10.0. The minimum atomic E-state index is -0.409. The van der Waals surface area contributed by atoms with Gasteiger partial charge in [0.05, 0.1) is 13.0 Å². The molecule has 0 saturated carbocycles. The van der Waals surface area contributed by atoms with E-state index >= 15 is 0 Å². The zero-order chi connectivity index (χ0) is 16.9. The number of nitrogens with zero attached hydrogens (tertiary/aromatic N) is 1. The fraction of sp³-hybridized carbons (Fsp3) is 0.444. The van der Waals surface area contributed by atoms with E-state index in [2.05, 4.69) is 10.3 Å². The van der Waals surface area contributed by atoms with Crippen molar-refractivity contribution in [3.8, 4) is 0 Å². The number of amides is 2. The average Bonchev–Trinajstić information content (AvgIpc) is 2.98. The van der Waals surface area contributed by atoms with E-state index in [1.165, 1.54) is 0 Å². The number of H-pyrrole nitrogens is 1. The van der Waals surface area contributed by atoms with Crippen LogP contribution in [0.3, 0.4) is 0 Å². The molecule has 6 nitrogen and oxygen atoms in total. The lowest BCUT2D eigenvalue weighted by molar-refractivity contribution is -0.131. The third-order valence-corrected chi connectivity index (χ3v) is 4.39. The van der Waals surface area contributed by atoms with Gasteiger partial charge in [0.2, 0.25) is 5.91 Å². The number of nitrogens with one attached hydrogen (secondary N) is 2. The summed E-state index contributed by atoms with van der Waals surface area (Å²) < 4.78 is 4.92. The van der Waals surface area contributed by atoms with E-state index < -0.39 is 6.09 Å². The summed E-state index contributed by atoms with van der Waals surface area (Å²) in [6.07, 6.45) is 3.62. The van der Waals surface area contributed by atoms with Crippen LogP contribution in [0.5, 0.6) is 0 Å². The first-order valence-electron chi connectivity index (χ1n) is 8.43. The molecule has 2 N–H and O–H groups in total. The Bertz CT molecular complexity index is 725. The molecule has 6 heteroatoms. The molecule has 1 fully saturated rings. The maximum atomic E-state index is 12.6. The molecule has 1 aliphatic rings. The van der Waals surface area contributed by atoms with Gasteiger partial charge >= 0.3 is 6.09 Å². The van der Waals surface area contributed by atoms with Gasteiger partial charge < -0.3 is 19.9 Å². The van der Waals surface area contributed by atoms with Gasteiger partial charge in [0, 0.05) is 36.2 Å². The van der Waals surface area contributed by atoms with E-state index in [1.54, 1.807) is 6.92 Å². The molecular formula is C18H23N3O3. The molecule has 0 spiro atoms. The van der Waals surface area contributed by atoms with Crippen molar-refractivity contribution in [3.05, 3.63) is 36.0 Å². The zero-order valence-electron chi connectivity index (χ0n) is 13.9. The number of carbonyl (C=O) groups excluding carboxylic acids is 2. The van der Waals surface area contributed by atoms with Crippen LogP contribution in [0.1, 0.15) is 25.3 Å². The Hall–Kier alpha value is -2.50. The molecule has 2 amide bonds. The highest BCUT2D eigenvalue weighted by atomic mass is 16.5. The number of para-hydroxylation sites is 1. The van der Waals surface area contributed by atoms with Crippen LogP contribution >= 0.6 is 0 Å². The Balaban J connectivity index is 1.61. The topological polar surface area (TPSA) is 74.4 Å². The number of ether oxygens (including phenoxy) is 1. The molecule has 0 unspecified atom stereocenters. The van der Waals surface area contributed by atoms with Crippen molar-refractivity contribution < 1.29 is 14.3 Å². The number of benzene rings is 1. The van der Waals surface area contributed by atoms with Crippen LogP contribution in [0, 0.1) is 0 Å². The van der Waals surface area contributed by atoms with Gasteiger partial charge in [-0.25, -0.2) is 4.79 Å². The fourth-order valence-corrected chi connectivity index (χ4v) is 3.21. The van der Waals surface area contributed by atoms with Crippen LogP contribution in [0.2, 0.25) is 0 Å². The van der Waals surface area contributed by atoms with Crippen molar-refractivity contribution in [2.45, 2.75) is 32.2 Å². The average molecular weight is 329 g/mol. The smallest absolute Gasteiger partial charge is 0.407 e. The number of alkyl carbamates (subject to hydrolysis) is 1. The monoisotopic (exact) mass is 329 g/mol. The first-order chi connectivity index (χ1) is 11.7. The van der Waals surface area contributed by atoms with E-state index in [-0.39, 0.29) is 11.9 Å². The molecule has 3 rings (SSSR count). The number of carbonyl (C=O) groups is 2.